The van der Waals surface area contributed by atoms with Gasteiger partial charge < -0.3 is 23.9 Å². The normalized spacial score (nSPS) is 15.6. The Labute approximate surface area is 176 Å². The number of benzene rings is 1. The summed E-state index contributed by atoms with van der Waals surface area (Å²) in [4.78, 5) is 28.5. The van der Waals surface area contributed by atoms with E-state index in [0.717, 1.165) is 37.1 Å². The third kappa shape index (κ3) is 5.38. The van der Waals surface area contributed by atoms with E-state index in [1.165, 1.54) is 6.07 Å². The highest BCUT2D eigenvalue weighted by Gasteiger charge is 2.22. The Kier molecular flexibility index (Phi) is 7.47. The molecule has 30 heavy (non-hydrogen) atoms. The molecule has 3 rings (SSSR count). The number of ether oxygens (including phenoxy) is 2. The van der Waals surface area contributed by atoms with Crippen LogP contribution in [0, 0.1) is 6.92 Å². The largest absolute Gasteiger partial charge is 0.507 e. The van der Waals surface area contributed by atoms with Crippen LogP contribution in [0.3, 0.4) is 0 Å². The summed E-state index contributed by atoms with van der Waals surface area (Å²) in [5, 5.41) is 11.8. The highest BCUT2D eigenvalue weighted by atomic mass is 16.6. The molecule has 0 atom stereocenters. The number of rotatable bonds is 8. The number of phenols is 1. The fourth-order valence-electron chi connectivity index (χ4n) is 3.68. The topological polar surface area (TPSA) is 92.5 Å². The van der Waals surface area contributed by atoms with E-state index >= 15 is 0 Å². The molecule has 8 nitrogen and oxygen atoms in total. The molecule has 8 heteroatoms. The van der Waals surface area contributed by atoms with Crippen LogP contribution in [0.15, 0.2) is 21.3 Å². The molecule has 1 N–H and O–H groups in total. The zero-order valence-corrected chi connectivity index (χ0v) is 17.9. The lowest BCUT2D eigenvalue weighted by Gasteiger charge is -2.32. The van der Waals surface area contributed by atoms with Crippen molar-refractivity contribution in [2.75, 3.05) is 53.6 Å². The van der Waals surface area contributed by atoms with E-state index < -0.39 is 5.63 Å². The number of nitrogens with zero attached hydrogens (tertiary/aromatic N) is 2. The molecule has 0 bridgehead atoms. The number of carbonyl (C=O) groups is 1. The van der Waals surface area contributed by atoms with Crippen LogP contribution in [0.5, 0.6) is 5.75 Å². The SMILES string of the molecule is COCCOC(=O)CCc1cc2c(C)cc(=O)oc2c(CN2CCN(C)CC2)c1O. The minimum Gasteiger partial charge on any atom is -0.507 e. The van der Waals surface area contributed by atoms with Gasteiger partial charge in [0.15, 0.2) is 0 Å². The number of aryl methyl sites for hydroxylation is 2. The van der Waals surface area contributed by atoms with Crippen molar-refractivity contribution >= 4 is 16.9 Å². The molecule has 0 spiro atoms. The number of piperazine rings is 1. The third-order valence-electron chi connectivity index (χ3n) is 5.52. The number of hydrogen-bond donors (Lipinski definition) is 1. The quantitative estimate of drug-likeness (QED) is 0.393. The highest BCUT2D eigenvalue weighted by Crippen LogP contribution is 2.34. The van der Waals surface area contributed by atoms with Crippen molar-refractivity contribution in [2.45, 2.75) is 26.3 Å². The lowest BCUT2D eigenvalue weighted by molar-refractivity contribution is -0.144. The summed E-state index contributed by atoms with van der Waals surface area (Å²) < 4.78 is 15.5. The maximum Gasteiger partial charge on any atom is 0.336 e. The van der Waals surface area contributed by atoms with Gasteiger partial charge in [-0.3, -0.25) is 9.69 Å². The molecule has 164 valence electrons. The summed E-state index contributed by atoms with van der Waals surface area (Å²) in [5.41, 5.74) is 2.01. The lowest BCUT2D eigenvalue weighted by atomic mass is 9.98. The van der Waals surface area contributed by atoms with Gasteiger partial charge in [0.1, 0.15) is 17.9 Å². The van der Waals surface area contributed by atoms with Crippen LogP contribution in [0.25, 0.3) is 11.0 Å². The Morgan fingerprint density at radius 2 is 1.93 bits per heavy atom. The van der Waals surface area contributed by atoms with Gasteiger partial charge in [0.2, 0.25) is 0 Å². The summed E-state index contributed by atoms with van der Waals surface area (Å²) in [5.74, 6) is -0.261. The Balaban J connectivity index is 1.89. The molecule has 0 saturated carbocycles. The standard InChI is InChI=1S/C22H30N2O6/c1-15-12-20(26)30-22-17(15)13-16(4-5-19(25)29-11-10-28-3)21(27)18(22)14-24-8-6-23(2)7-9-24/h12-13,27H,4-11,14H2,1-3H3. The Hall–Kier alpha value is -2.42. The first-order valence-corrected chi connectivity index (χ1v) is 10.2. The van der Waals surface area contributed by atoms with Crippen molar-refractivity contribution in [1.82, 2.24) is 9.80 Å². The van der Waals surface area contributed by atoms with Gasteiger partial charge in [-0.15, -0.1) is 0 Å². The summed E-state index contributed by atoms with van der Waals surface area (Å²) in [6, 6.07) is 3.25. The second-order valence-corrected chi connectivity index (χ2v) is 7.78. The summed E-state index contributed by atoms with van der Waals surface area (Å²) in [6.45, 7) is 6.49. The summed E-state index contributed by atoms with van der Waals surface area (Å²) in [6.07, 6.45) is 0.481. The van der Waals surface area contributed by atoms with Gasteiger partial charge in [-0.1, -0.05) is 0 Å². The van der Waals surface area contributed by atoms with E-state index in [-0.39, 0.29) is 24.7 Å². The van der Waals surface area contributed by atoms with Gasteiger partial charge in [-0.2, -0.15) is 0 Å². The molecule has 2 heterocycles. The molecule has 1 fully saturated rings. The predicted molar refractivity (Wildman–Crippen MR) is 113 cm³/mol. The van der Waals surface area contributed by atoms with Gasteiger partial charge in [0.05, 0.1) is 12.2 Å². The van der Waals surface area contributed by atoms with Gasteiger partial charge in [0.25, 0.3) is 0 Å². The molecule has 2 aromatic rings. The maximum atomic E-state index is 12.0. The lowest BCUT2D eigenvalue weighted by Crippen LogP contribution is -2.43. The summed E-state index contributed by atoms with van der Waals surface area (Å²) in [7, 11) is 3.63. The molecule has 1 aliphatic rings. The van der Waals surface area contributed by atoms with Gasteiger partial charge in [-0.05, 0) is 37.6 Å². The number of esters is 1. The molecule has 0 aliphatic carbocycles. The number of methoxy groups -OCH3 is 1. The first kappa shape index (κ1) is 22.3. The number of fused-ring (bicyclic) bond motifs is 1. The van der Waals surface area contributed by atoms with Crippen LogP contribution < -0.4 is 5.63 Å². The van der Waals surface area contributed by atoms with Gasteiger partial charge in [-0.25, -0.2) is 4.79 Å². The third-order valence-corrected chi connectivity index (χ3v) is 5.52. The first-order valence-electron chi connectivity index (χ1n) is 10.2. The van der Waals surface area contributed by atoms with Crippen molar-refractivity contribution < 1.29 is 23.8 Å². The van der Waals surface area contributed by atoms with Crippen LogP contribution in [0.4, 0.5) is 0 Å². The van der Waals surface area contributed by atoms with Gasteiger partial charge >= 0.3 is 11.6 Å². The fraction of sp³-hybridized carbons (Fsp3) is 0.545. The molecule has 0 unspecified atom stereocenters. The molecule has 1 aliphatic heterocycles. The van der Waals surface area contributed by atoms with Crippen molar-refractivity contribution in [3.63, 3.8) is 0 Å². The molecule has 1 aromatic heterocycles. The fourth-order valence-corrected chi connectivity index (χ4v) is 3.68. The average Bonchev–Trinajstić information content (AvgIpc) is 2.71. The predicted octanol–water partition coefficient (Wildman–Crippen LogP) is 1.68. The van der Waals surface area contributed by atoms with E-state index in [2.05, 4.69) is 16.8 Å². The van der Waals surface area contributed by atoms with Crippen LogP contribution in [-0.4, -0.2) is 74.4 Å². The monoisotopic (exact) mass is 418 g/mol. The Bertz CT molecular complexity index is 947. The first-order chi connectivity index (χ1) is 14.4. The molecule has 1 aromatic carbocycles. The van der Waals surface area contributed by atoms with Crippen molar-refractivity contribution in [2.24, 2.45) is 0 Å². The van der Waals surface area contributed by atoms with Crippen molar-refractivity contribution in [3.8, 4) is 5.75 Å². The van der Waals surface area contributed by atoms with Crippen molar-refractivity contribution in [1.29, 1.82) is 0 Å². The van der Waals surface area contributed by atoms with Gasteiger partial charge in [0, 0.05) is 57.7 Å². The molecular weight excluding hydrogens is 388 g/mol. The number of likely N-dealkylation sites (N-methyl/N-ethyl adjacent to an activating group) is 1. The number of hydrogen-bond acceptors (Lipinski definition) is 8. The van der Waals surface area contributed by atoms with Crippen LogP contribution in [0.1, 0.15) is 23.1 Å². The van der Waals surface area contributed by atoms with E-state index in [0.29, 0.717) is 36.3 Å². The second kappa shape index (κ2) is 10.1. The molecule has 1 saturated heterocycles. The second-order valence-electron chi connectivity index (χ2n) is 7.78. The Morgan fingerprint density at radius 1 is 1.20 bits per heavy atom. The van der Waals surface area contributed by atoms with E-state index in [1.807, 2.05) is 6.92 Å². The van der Waals surface area contributed by atoms with Crippen LogP contribution in [0.2, 0.25) is 0 Å². The maximum absolute atomic E-state index is 12.0. The molecule has 0 amide bonds. The van der Waals surface area contributed by atoms with Crippen LogP contribution in [-0.2, 0) is 27.2 Å². The minimum absolute atomic E-state index is 0.0832. The number of phenolic OH excluding ortho intramolecular Hbond substituents is 1. The van der Waals surface area contributed by atoms with E-state index in [4.69, 9.17) is 13.9 Å². The molecule has 0 radical (unpaired) electrons. The highest BCUT2D eigenvalue weighted by molar-refractivity contribution is 5.86. The van der Waals surface area contributed by atoms with Crippen LogP contribution >= 0.6 is 0 Å². The summed E-state index contributed by atoms with van der Waals surface area (Å²) >= 11 is 0. The Morgan fingerprint density at radius 3 is 2.63 bits per heavy atom. The average molecular weight is 418 g/mol. The zero-order valence-electron chi connectivity index (χ0n) is 17.9. The van der Waals surface area contributed by atoms with E-state index in [1.54, 1.807) is 13.2 Å². The smallest absolute Gasteiger partial charge is 0.336 e. The minimum atomic E-state index is -0.437. The number of aromatic hydroxyl groups is 1. The zero-order chi connectivity index (χ0) is 21.7. The number of carbonyl (C=O) groups excluding carboxylic acids is 1. The van der Waals surface area contributed by atoms with Crippen molar-refractivity contribution in [3.05, 3.63) is 39.2 Å². The molecular formula is C22H30N2O6. The van der Waals surface area contributed by atoms with E-state index in [9.17, 15) is 14.7 Å².